The fourth-order valence-corrected chi connectivity index (χ4v) is 7.79. The van der Waals surface area contributed by atoms with Crippen molar-refractivity contribution in [2.45, 2.75) is 76.5 Å². The van der Waals surface area contributed by atoms with E-state index in [1.54, 1.807) is 38.9 Å². The molecule has 12 heteroatoms. The molecule has 44 heavy (non-hydrogen) atoms. The lowest BCUT2D eigenvalue weighted by atomic mass is 9.97. The molecule has 0 fully saturated rings. The number of hydrogen-bond acceptors (Lipinski definition) is 10. The highest BCUT2D eigenvalue weighted by Gasteiger charge is 2.23. The van der Waals surface area contributed by atoms with Crippen molar-refractivity contribution in [2.24, 2.45) is 0 Å². The average Bonchev–Trinajstić information content (AvgIpc) is 3.43. The van der Waals surface area contributed by atoms with Gasteiger partial charge < -0.3 is 14.2 Å². The molecule has 0 amide bonds. The van der Waals surface area contributed by atoms with Crippen LogP contribution in [0.15, 0.2) is 33.2 Å². The topological polar surface area (TPSA) is 121 Å². The summed E-state index contributed by atoms with van der Waals surface area (Å²) in [5.74, 6) is 1.83. The highest BCUT2D eigenvalue weighted by Crippen LogP contribution is 2.41. The lowest BCUT2D eigenvalue weighted by Crippen LogP contribution is -2.27. The standard InChI is InChI=1S/C32H37N5O5S2/c1-5-6-9-14-37-30(38)22(18-33)27(20-16-23(40-2)28(42-4)24(17-20)41-3)35-32(37)43-15-10-13-36-19-34-29-26(31(36)39)21-11-7-8-12-25(21)44-29/h16-17,19H,5-15H2,1-4H3. The Bertz CT molecular complexity index is 1800. The Hall–Kier alpha value is -3.82. The minimum Gasteiger partial charge on any atom is -0.493 e. The minimum atomic E-state index is -0.377. The second-order valence-corrected chi connectivity index (χ2v) is 12.8. The monoisotopic (exact) mass is 635 g/mol. The van der Waals surface area contributed by atoms with Gasteiger partial charge in [0.05, 0.1) is 38.7 Å². The largest absolute Gasteiger partial charge is 0.493 e. The third-order valence-electron chi connectivity index (χ3n) is 7.89. The zero-order chi connectivity index (χ0) is 31.2. The van der Waals surface area contributed by atoms with Crippen molar-refractivity contribution < 1.29 is 14.2 Å². The van der Waals surface area contributed by atoms with E-state index in [1.807, 2.05) is 0 Å². The van der Waals surface area contributed by atoms with Crippen LogP contribution in [0.25, 0.3) is 21.5 Å². The van der Waals surface area contributed by atoms with Gasteiger partial charge >= 0.3 is 0 Å². The molecular formula is C32H37N5O5S2. The Morgan fingerprint density at radius 2 is 1.75 bits per heavy atom. The zero-order valence-electron chi connectivity index (χ0n) is 25.6. The Morgan fingerprint density at radius 1 is 1.00 bits per heavy atom. The number of thiophene rings is 1. The molecule has 5 rings (SSSR count). The van der Waals surface area contributed by atoms with Gasteiger partial charge in [0.25, 0.3) is 11.1 Å². The fraction of sp³-hybridized carbons (Fsp3) is 0.469. The molecule has 0 atom stereocenters. The van der Waals surface area contributed by atoms with Crippen LogP contribution in [0.4, 0.5) is 0 Å². The van der Waals surface area contributed by atoms with E-state index < -0.39 is 0 Å². The molecule has 0 unspecified atom stereocenters. The van der Waals surface area contributed by atoms with Gasteiger partial charge in [0, 0.05) is 29.3 Å². The molecule has 1 aliphatic rings. The Balaban J connectivity index is 1.44. The summed E-state index contributed by atoms with van der Waals surface area (Å²) in [5.41, 5.74) is 1.58. The number of fused-ring (bicyclic) bond motifs is 3. The van der Waals surface area contributed by atoms with Crippen LogP contribution in [0.5, 0.6) is 17.2 Å². The van der Waals surface area contributed by atoms with Crippen molar-refractivity contribution in [1.82, 2.24) is 19.1 Å². The van der Waals surface area contributed by atoms with Gasteiger partial charge in [-0.05, 0) is 56.2 Å². The van der Waals surface area contributed by atoms with Crippen molar-refractivity contribution >= 4 is 33.3 Å². The number of ether oxygens (including phenoxy) is 3. The number of unbranched alkanes of at least 4 members (excludes halogenated alkanes) is 2. The van der Waals surface area contributed by atoms with E-state index >= 15 is 0 Å². The molecule has 0 saturated carbocycles. The van der Waals surface area contributed by atoms with Gasteiger partial charge in [0.1, 0.15) is 16.5 Å². The molecule has 0 spiro atoms. The van der Waals surface area contributed by atoms with Gasteiger partial charge in [-0.1, -0.05) is 31.5 Å². The number of rotatable bonds is 13. The quantitative estimate of drug-likeness (QED) is 0.101. The van der Waals surface area contributed by atoms with Crippen molar-refractivity contribution in [2.75, 3.05) is 27.1 Å². The number of nitriles is 1. The second kappa shape index (κ2) is 14.3. The van der Waals surface area contributed by atoms with Crippen LogP contribution in [0, 0.1) is 11.3 Å². The van der Waals surface area contributed by atoms with Crippen LogP contribution < -0.4 is 25.3 Å². The fourth-order valence-electron chi connectivity index (χ4n) is 5.63. The van der Waals surface area contributed by atoms with Crippen molar-refractivity contribution in [3.63, 3.8) is 0 Å². The van der Waals surface area contributed by atoms with E-state index in [4.69, 9.17) is 19.2 Å². The van der Waals surface area contributed by atoms with Gasteiger partial charge in [-0.2, -0.15) is 5.26 Å². The Labute approximate surface area is 264 Å². The number of thioether (sulfide) groups is 1. The first kappa shape index (κ1) is 31.6. The number of hydrogen-bond donors (Lipinski definition) is 0. The summed E-state index contributed by atoms with van der Waals surface area (Å²) in [4.78, 5) is 38.7. The molecule has 4 aromatic rings. The van der Waals surface area contributed by atoms with E-state index in [0.29, 0.717) is 53.2 Å². The normalized spacial score (nSPS) is 12.6. The van der Waals surface area contributed by atoms with Gasteiger partial charge in [0.15, 0.2) is 16.7 Å². The van der Waals surface area contributed by atoms with Crippen LogP contribution in [-0.4, -0.2) is 46.2 Å². The first-order valence-electron chi connectivity index (χ1n) is 14.9. The van der Waals surface area contributed by atoms with E-state index in [-0.39, 0.29) is 22.4 Å². The van der Waals surface area contributed by atoms with Crippen molar-refractivity contribution in [3.8, 4) is 34.6 Å². The van der Waals surface area contributed by atoms with Crippen molar-refractivity contribution in [3.05, 3.63) is 55.2 Å². The van der Waals surface area contributed by atoms with Gasteiger partial charge in [-0.25, -0.2) is 9.97 Å². The lowest BCUT2D eigenvalue weighted by Gasteiger charge is -2.17. The van der Waals surface area contributed by atoms with Crippen LogP contribution in [0.3, 0.4) is 0 Å². The van der Waals surface area contributed by atoms with E-state index in [0.717, 1.165) is 48.7 Å². The van der Waals surface area contributed by atoms with E-state index in [2.05, 4.69) is 18.0 Å². The third-order valence-corrected chi connectivity index (χ3v) is 10.1. The molecule has 1 aromatic carbocycles. The molecule has 0 aliphatic heterocycles. The molecule has 0 bridgehead atoms. The molecule has 3 aromatic heterocycles. The number of benzene rings is 1. The van der Waals surface area contributed by atoms with Gasteiger partial charge in [-0.15, -0.1) is 11.3 Å². The van der Waals surface area contributed by atoms with Crippen LogP contribution in [0.1, 0.15) is 61.5 Å². The van der Waals surface area contributed by atoms with Crippen LogP contribution in [-0.2, 0) is 25.9 Å². The SMILES string of the molecule is CCCCCn1c(SCCCn2cnc3sc4c(c3c2=O)CCCC4)nc(-c2cc(OC)c(OC)c(OC)c2)c(C#N)c1=O. The average molecular weight is 636 g/mol. The molecular weight excluding hydrogens is 599 g/mol. The van der Waals surface area contributed by atoms with Crippen molar-refractivity contribution in [1.29, 1.82) is 5.26 Å². The highest BCUT2D eigenvalue weighted by molar-refractivity contribution is 7.99. The number of nitrogens with zero attached hydrogens (tertiary/aromatic N) is 5. The summed E-state index contributed by atoms with van der Waals surface area (Å²) < 4.78 is 19.8. The number of methoxy groups -OCH3 is 3. The summed E-state index contributed by atoms with van der Waals surface area (Å²) in [6.07, 6.45) is 9.33. The summed E-state index contributed by atoms with van der Waals surface area (Å²) in [6, 6.07) is 5.48. The van der Waals surface area contributed by atoms with Gasteiger partial charge in [-0.3, -0.25) is 18.7 Å². The zero-order valence-corrected chi connectivity index (χ0v) is 27.2. The minimum absolute atomic E-state index is 0.0251. The molecule has 10 nitrogen and oxygen atoms in total. The summed E-state index contributed by atoms with van der Waals surface area (Å²) >= 11 is 3.10. The Kier molecular flexibility index (Phi) is 10.3. The maximum Gasteiger partial charge on any atom is 0.272 e. The van der Waals surface area contributed by atoms with Crippen LogP contribution in [0.2, 0.25) is 0 Å². The predicted molar refractivity (Wildman–Crippen MR) is 174 cm³/mol. The first-order valence-corrected chi connectivity index (χ1v) is 16.7. The van der Waals surface area contributed by atoms with Crippen LogP contribution >= 0.6 is 23.1 Å². The van der Waals surface area contributed by atoms with E-state index in [9.17, 15) is 14.9 Å². The number of aromatic nitrogens is 4. The summed E-state index contributed by atoms with van der Waals surface area (Å²) in [5, 5.41) is 11.4. The second-order valence-electron chi connectivity index (χ2n) is 10.6. The molecule has 1 aliphatic carbocycles. The smallest absolute Gasteiger partial charge is 0.272 e. The summed E-state index contributed by atoms with van der Waals surface area (Å²) in [6.45, 7) is 3.08. The maximum atomic E-state index is 13.7. The highest BCUT2D eigenvalue weighted by atomic mass is 32.2. The third kappa shape index (κ3) is 6.21. The maximum absolute atomic E-state index is 13.7. The first-order chi connectivity index (χ1) is 21.4. The molecule has 0 radical (unpaired) electrons. The molecule has 0 N–H and O–H groups in total. The van der Waals surface area contributed by atoms with Gasteiger partial charge in [0.2, 0.25) is 5.75 Å². The number of aryl methyl sites for hydroxylation is 3. The molecule has 0 saturated heterocycles. The van der Waals surface area contributed by atoms with E-state index in [1.165, 1.54) is 50.0 Å². The summed E-state index contributed by atoms with van der Waals surface area (Å²) in [7, 11) is 4.54. The molecule has 3 heterocycles. The lowest BCUT2D eigenvalue weighted by molar-refractivity contribution is 0.324. The predicted octanol–water partition coefficient (Wildman–Crippen LogP) is 5.83. The molecule has 232 valence electrons. The Morgan fingerprint density at radius 3 is 2.43 bits per heavy atom.